The van der Waals surface area contributed by atoms with Crippen LogP contribution in [-0.4, -0.2) is 26.4 Å². The van der Waals surface area contributed by atoms with Crippen molar-refractivity contribution in [2.24, 2.45) is 15.7 Å². The van der Waals surface area contributed by atoms with Gasteiger partial charge in [-0.05, 0) is 0 Å². The van der Waals surface area contributed by atoms with E-state index in [1.54, 1.807) is 14.1 Å². The van der Waals surface area contributed by atoms with E-state index in [2.05, 4.69) is 15.3 Å². The highest BCUT2D eigenvalue weighted by Crippen LogP contribution is 1.66. The third-order valence-corrected chi connectivity index (χ3v) is 0.632. The second kappa shape index (κ2) is 10.8. The van der Waals surface area contributed by atoms with Gasteiger partial charge in [0.15, 0.2) is 0 Å². The SMILES string of the molecule is CC.CN=C(N=CN)NC. The van der Waals surface area contributed by atoms with Gasteiger partial charge in [-0.25, -0.2) is 4.99 Å². The highest BCUT2D eigenvalue weighted by Gasteiger charge is 1.80. The van der Waals surface area contributed by atoms with Crippen LogP contribution in [-0.2, 0) is 0 Å². The van der Waals surface area contributed by atoms with E-state index >= 15 is 0 Å². The highest BCUT2D eigenvalue weighted by atomic mass is 15.1. The molecule has 60 valence electrons. The van der Waals surface area contributed by atoms with Gasteiger partial charge in [0.25, 0.3) is 0 Å². The van der Waals surface area contributed by atoms with Gasteiger partial charge >= 0.3 is 0 Å². The quantitative estimate of drug-likeness (QED) is 0.377. The van der Waals surface area contributed by atoms with Crippen molar-refractivity contribution in [3.05, 3.63) is 0 Å². The normalized spacial score (nSPS) is 10.6. The van der Waals surface area contributed by atoms with Gasteiger partial charge in [-0.3, -0.25) is 4.99 Å². The van der Waals surface area contributed by atoms with Gasteiger partial charge in [0.2, 0.25) is 5.96 Å². The molecule has 0 radical (unpaired) electrons. The van der Waals surface area contributed by atoms with Gasteiger partial charge in [-0.15, -0.1) is 0 Å². The summed E-state index contributed by atoms with van der Waals surface area (Å²) < 4.78 is 0. The zero-order valence-corrected chi connectivity index (χ0v) is 7.05. The van der Waals surface area contributed by atoms with E-state index in [1.807, 2.05) is 13.8 Å². The average Bonchev–Trinajstić information content (AvgIpc) is 2.04. The van der Waals surface area contributed by atoms with Crippen LogP contribution in [0.5, 0.6) is 0 Å². The third kappa shape index (κ3) is 6.94. The van der Waals surface area contributed by atoms with E-state index in [0.717, 1.165) is 0 Å². The Morgan fingerprint density at radius 2 is 2.00 bits per heavy atom. The number of nitrogens with two attached hydrogens (primary N) is 1. The van der Waals surface area contributed by atoms with Crippen LogP contribution in [0, 0.1) is 0 Å². The molecule has 3 N–H and O–H groups in total. The van der Waals surface area contributed by atoms with E-state index in [4.69, 9.17) is 5.73 Å². The van der Waals surface area contributed by atoms with Gasteiger partial charge in [0.05, 0.1) is 6.34 Å². The number of hydrogen-bond acceptors (Lipinski definition) is 1. The average molecular weight is 144 g/mol. The first-order valence-corrected chi connectivity index (χ1v) is 3.24. The second-order valence-electron chi connectivity index (χ2n) is 1.08. The zero-order chi connectivity index (χ0) is 8.41. The highest BCUT2D eigenvalue weighted by molar-refractivity contribution is 5.86. The van der Waals surface area contributed by atoms with Crippen LogP contribution in [0.3, 0.4) is 0 Å². The summed E-state index contributed by atoms with van der Waals surface area (Å²) in [6.45, 7) is 4.00. The fourth-order valence-electron chi connectivity index (χ4n) is 0.305. The predicted molar refractivity (Wildman–Crippen MR) is 46.4 cm³/mol. The Morgan fingerprint density at radius 3 is 2.10 bits per heavy atom. The van der Waals surface area contributed by atoms with Gasteiger partial charge in [-0.2, -0.15) is 0 Å². The topological polar surface area (TPSA) is 62.8 Å². The lowest BCUT2D eigenvalue weighted by Crippen LogP contribution is -2.16. The predicted octanol–water partition coefficient (Wildman–Crippen LogP) is 0.205. The molecule has 4 nitrogen and oxygen atoms in total. The maximum absolute atomic E-state index is 4.97. The molecule has 0 saturated heterocycles. The molecule has 0 aromatic carbocycles. The summed E-state index contributed by atoms with van der Waals surface area (Å²) in [4.78, 5) is 7.38. The largest absolute Gasteiger partial charge is 0.390 e. The fraction of sp³-hybridized carbons (Fsp3) is 0.667. The van der Waals surface area contributed by atoms with Crippen LogP contribution >= 0.6 is 0 Å². The number of nitrogens with zero attached hydrogens (tertiary/aromatic N) is 2. The molecule has 0 rings (SSSR count). The summed E-state index contributed by atoms with van der Waals surface area (Å²) in [5.74, 6) is 0.535. The maximum atomic E-state index is 4.97. The van der Waals surface area contributed by atoms with Crippen molar-refractivity contribution in [3.63, 3.8) is 0 Å². The molecule has 0 saturated carbocycles. The Kier molecular flexibility index (Phi) is 12.7. The molecular formula is C6H16N4. The minimum Gasteiger partial charge on any atom is -0.390 e. The monoisotopic (exact) mass is 144 g/mol. The first kappa shape index (κ1) is 11.7. The van der Waals surface area contributed by atoms with E-state index in [9.17, 15) is 0 Å². The van der Waals surface area contributed by atoms with Crippen molar-refractivity contribution in [1.82, 2.24) is 5.32 Å². The standard InChI is InChI=1S/C4H10N4.C2H6/c1-6-4(7-2)8-3-5;1-2/h3H,1-2H3,(H3,5,6,7,8);1-2H3. The Labute approximate surface area is 62.3 Å². The van der Waals surface area contributed by atoms with Crippen LogP contribution in [0.4, 0.5) is 0 Å². The number of nitrogens with one attached hydrogen (secondary N) is 1. The zero-order valence-electron chi connectivity index (χ0n) is 7.05. The van der Waals surface area contributed by atoms with Gasteiger partial charge in [-0.1, -0.05) is 13.8 Å². The van der Waals surface area contributed by atoms with Crippen LogP contribution in [0.25, 0.3) is 0 Å². The Morgan fingerprint density at radius 1 is 1.50 bits per heavy atom. The summed E-state index contributed by atoms with van der Waals surface area (Å²) in [6.07, 6.45) is 1.19. The molecule has 0 aromatic heterocycles. The van der Waals surface area contributed by atoms with E-state index in [-0.39, 0.29) is 0 Å². The molecule has 10 heavy (non-hydrogen) atoms. The van der Waals surface area contributed by atoms with Crippen LogP contribution in [0.15, 0.2) is 9.98 Å². The minimum absolute atomic E-state index is 0.535. The number of rotatable bonds is 0. The van der Waals surface area contributed by atoms with Crippen LogP contribution in [0.2, 0.25) is 0 Å². The van der Waals surface area contributed by atoms with Crippen LogP contribution < -0.4 is 11.1 Å². The summed E-state index contributed by atoms with van der Waals surface area (Å²) >= 11 is 0. The van der Waals surface area contributed by atoms with Crippen LogP contribution in [0.1, 0.15) is 13.8 Å². The minimum atomic E-state index is 0.535. The van der Waals surface area contributed by atoms with Gasteiger partial charge in [0.1, 0.15) is 0 Å². The lowest BCUT2D eigenvalue weighted by atomic mass is 10.9. The van der Waals surface area contributed by atoms with Crippen molar-refractivity contribution < 1.29 is 0 Å². The van der Waals surface area contributed by atoms with Gasteiger partial charge in [0, 0.05) is 14.1 Å². The molecule has 0 fully saturated rings. The molecule has 0 aliphatic rings. The lowest BCUT2D eigenvalue weighted by molar-refractivity contribution is 1.12. The summed E-state index contributed by atoms with van der Waals surface area (Å²) in [5.41, 5.74) is 4.97. The molecular weight excluding hydrogens is 128 g/mol. The number of aliphatic imine (C=N–C) groups is 2. The Balaban J connectivity index is 0. The van der Waals surface area contributed by atoms with E-state index in [0.29, 0.717) is 5.96 Å². The third-order valence-electron chi connectivity index (χ3n) is 0.632. The smallest absolute Gasteiger partial charge is 0.218 e. The van der Waals surface area contributed by atoms with E-state index < -0.39 is 0 Å². The number of hydrogen-bond donors (Lipinski definition) is 2. The summed E-state index contributed by atoms with van der Waals surface area (Å²) in [5, 5.41) is 2.72. The molecule has 0 amide bonds. The first-order chi connectivity index (χ1) is 4.85. The van der Waals surface area contributed by atoms with Gasteiger partial charge < -0.3 is 11.1 Å². The molecule has 0 spiro atoms. The Hall–Kier alpha value is -1.06. The van der Waals surface area contributed by atoms with Crippen molar-refractivity contribution >= 4 is 12.3 Å². The van der Waals surface area contributed by atoms with Crippen molar-refractivity contribution in [3.8, 4) is 0 Å². The first-order valence-electron chi connectivity index (χ1n) is 3.24. The molecule has 0 aliphatic carbocycles. The molecule has 0 bridgehead atoms. The van der Waals surface area contributed by atoms with E-state index in [1.165, 1.54) is 6.34 Å². The summed E-state index contributed by atoms with van der Waals surface area (Å²) in [6, 6.07) is 0. The van der Waals surface area contributed by atoms with Crippen molar-refractivity contribution in [2.75, 3.05) is 14.1 Å². The fourth-order valence-corrected chi connectivity index (χ4v) is 0.305. The van der Waals surface area contributed by atoms with Crippen molar-refractivity contribution in [2.45, 2.75) is 13.8 Å². The molecule has 0 aromatic rings. The molecule has 4 heteroatoms. The molecule has 0 unspecified atom stereocenters. The molecule has 0 atom stereocenters. The lowest BCUT2D eigenvalue weighted by Gasteiger charge is -1.92. The second-order valence-corrected chi connectivity index (χ2v) is 1.08. The Bertz CT molecular complexity index is 104. The number of guanidine groups is 1. The van der Waals surface area contributed by atoms with Crippen molar-refractivity contribution in [1.29, 1.82) is 0 Å². The summed E-state index contributed by atoms with van der Waals surface area (Å²) in [7, 11) is 3.37. The molecule has 0 heterocycles. The maximum Gasteiger partial charge on any atom is 0.218 e. The molecule has 0 aliphatic heterocycles.